The van der Waals surface area contributed by atoms with Gasteiger partial charge in [-0.05, 0) is 55.0 Å². The largest absolute Gasteiger partial charge is 0.497 e. The van der Waals surface area contributed by atoms with E-state index in [2.05, 4.69) is 5.32 Å². The maximum Gasteiger partial charge on any atom is 0.411 e. The topological polar surface area (TPSA) is 56.8 Å². The van der Waals surface area contributed by atoms with Gasteiger partial charge in [-0.1, -0.05) is 11.6 Å². The highest BCUT2D eigenvalue weighted by Gasteiger charge is 2.06. The van der Waals surface area contributed by atoms with E-state index in [-0.39, 0.29) is 13.2 Å². The Hall–Kier alpha value is -2.40. The first-order chi connectivity index (χ1) is 11.1. The summed E-state index contributed by atoms with van der Waals surface area (Å²) in [6.45, 7) is 2.26. The Balaban J connectivity index is 1.72. The standard InChI is InChI=1S/C17H18ClNO4/c1-12-11-13(18)3-8-16(12)19-17(20)23-10-9-22-15-6-4-14(21-2)5-7-15/h3-8,11H,9-10H2,1-2H3,(H,19,20). The highest BCUT2D eigenvalue weighted by atomic mass is 35.5. The van der Waals surface area contributed by atoms with E-state index in [1.807, 2.05) is 6.92 Å². The number of rotatable bonds is 6. The van der Waals surface area contributed by atoms with E-state index in [0.717, 1.165) is 11.3 Å². The Kier molecular flexibility index (Phi) is 6.11. The number of carbonyl (C=O) groups is 1. The van der Waals surface area contributed by atoms with Crippen molar-refractivity contribution in [2.24, 2.45) is 0 Å². The van der Waals surface area contributed by atoms with Crippen molar-refractivity contribution in [3.63, 3.8) is 0 Å². The zero-order valence-corrected chi connectivity index (χ0v) is 13.7. The van der Waals surface area contributed by atoms with Gasteiger partial charge < -0.3 is 14.2 Å². The minimum absolute atomic E-state index is 0.143. The molecule has 0 bridgehead atoms. The lowest BCUT2D eigenvalue weighted by molar-refractivity contribution is 0.138. The first-order valence-corrected chi connectivity index (χ1v) is 7.43. The van der Waals surface area contributed by atoms with Gasteiger partial charge in [0.2, 0.25) is 0 Å². The van der Waals surface area contributed by atoms with Gasteiger partial charge >= 0.3 is 6.09 Å². The van der Waals surface area contributed by atoms with Crippen molar-refractivity contribution in [3.05, 3.63) is 53.1 Å². The molecule has 23 heavy (non-hydrogen) atoms. The number of halogens is 1. The fourth-order valence-corrected chi connectivity index (χ4v) is 2.11. The summed E-state index contributed by atoms with van der Waals surface area (Å²) in [5.74, 6) is 1.44. The molecule has 0 aliphatic carbocycles. The van der Waals surface area contributed by atoms with Crippen molar-refractivity contribution in [2.45, 2.75) is 6.92 Å². The molecule has 0 spiro atoms. The first kappa shape index (κ1) is 17.0. The number of amides is 1. The van der Waals surface area contributed by atoms with Crippen LogP contribution in [0, 0.1) is 6.92 Å². The Labute approximate surface area is 140 Å². The zero-order chi connectivity index (χ0) is 16.7. The lowest BCUT2D eigenvalue weighted by Crippen LogP contribution is -2.18. The van der Waals surface area contributed by atoms with Gasteiger partial charge in [0.05, 0.1) is 7.11 Å². The number of carbonyl (C=O) groups excluding carboxylic acids is 1. The average Bonchev–Trinajstić information content (AvgIpc) is 2.55. The number of ether oxygens (including phenoxy) is 3. The van der Waals surface area contributed by atoms with Gasteiger partial charge in [-0.25, -0.2) is 4.79 Å². The average molecular weight is 336 g/mol. The van der Waals surface area contributed by atoms with E-state index in [1.165, 1.54) is 0 Å². The molecular weight excluding hydrogens is 318 g/mol. The minimum atomic E-state index is -0.534. The van der Waals surface area contributed by atoms with Gasteiger partial charge in [-0.2, -0.15) is 0 Å². The Morgan fingerprint density at radius 3 is 2.43 bits per heavy atom. The summed E-state index contributed by atoms with van der Waals surface area (Å²) >= 11 is 5.86. The van der Waals surface area contributed by atoms with Crippen LogP contribution < -0.4 is 14.8 Å². The number of anilines is 1. The van der Waals surface area contributed by atoms with Crippen LogP contribution in [0.3, 0.4) is 0 Å². The fourth-order valence-electron chi connectivity index (χ4n) is 1.88. The number of methoxy groups -OCH3 is 1. The molecule has 0 aliphatic heterocycles. The molecule has 0 atom stereocenters. The van der Waals surface area contributed by atoms with E-state index >= 15 is 0 Å². The van der Waals surface area contributed by atoms with Crippen LogP contribution in [0.15, 0.2) is 42.5 Å². The Bertz CT molecular complexity index is 658. The van der Waals surface area contributed by atoms with Crippen molar-refractivity contribution in [3.8, 4) is 11.5 Å². The highest BCUT2D eigenvalue weighted by molar-refractivity contribution is 6.30. The van der Waals surface area contributed by atoms with Crippen LogP contribution in [0.4, 0.5) is 10.5 Å². The number of nitrogens with one attached hydrogen (secondary N) is 1. The van der Waals surface area contributed by atoms with E-state index in [1.54, 1.807) is 49.6 Å². The normalized spacial score (nSPS) is 10.0. The smallest absolute Gasteiger partial charge is 0.411 e. The summed E-state index contributed by atoms with van der Waals surface area (Å²) in [7, 11) is 1.60. The highest BCUT2D eigenvalue weighted by Crippen LogP contribution is 2.20. The van der Waals surface area contributed by atoms with Gasteiger partial charge in [0.25, 0.3) is 0 Å². The monoisotopic (exact) mass is 335 g/mol. The number of benzene rings is 2. The van der Waals surface area contributed by atoms with Crippen molar-refractivity contribution in [1.82, 2.24) is 0 Å². The maximum absolute atomic E-state index is 11.7. The van der Waals surface area contributed by atoms with Gasteiger partial charge in [0.1, 0.15) is 24.7 Å². The summed E-state index contributed by atoms with van der Waals surface area (Å²) in [5, 5.41) is 3.28. The van der Waals surface area contributed by atoms with Crippen LogP contribution >= 0.6 is 11.6 Å². The van der Waals surface area contributed by atoms with Crippen LogP contribution in [-0.4, -0.2) is 26.4 Å². The van der Waals surface area contributed by atoms with E-state index in [4.69, 9.17) is 25.8 Å². The fraction of sp³-hybridized carbons (Fsp3) is 0.235. The molecule has 122 valence electrons. The van der Waals surface area contributed by atoms with Crippen LogP contribution in [0.2, 0.25) is 5.02 Å². The molecule has 1 N–H and O–H groups in total. The predicted molar refractivity (Wildman–Crippen MR) is 89.6 cm³/mol. The molecular formula is C17H18ClNO4. The predicted octanol–water partition coefficient (Wildman–Crippen LogP) is 4.28. The lowest BCUT2D eigenvalue weighted by atomic mass is 10.2. The van der Waals surface area contributed by atoms with Gasteiger partial charge in [0.15, 0.2) is 0 Å². The third-order valence-electron chi connectivity index (χ3n) is 3.07. The molecule has 0 saturated carbocycles. The molecule has 0 heterocycles. The number of hydrogen-bond donors (Lipinski definition) is 1. The lowest BCUT2D eigenvalue weighted by Gasteiger charge is -2.10. The minimum Gasteiger partial charge on any atom is -0.497 e. The second-order valence-corrected chi connectivity index (χ2v) is 5.18. The van der Waals surface area contributed by atoms with Crippen LogP contribution in [0.5, 0.6) is 11.5 Å². The van der Waals surface area contributed by atoms with Gasteiger partial charge in [0, 0.05) is 10.7 Å². The first-order valence-electron chi connectivity index (χ1n) is 7.05. The van der Waals surface area contributed by atoms with Crippen LogP contribution in [0.25, 0.3) is 0 Å². The van der Waals surface area contributed by atoms with Crippen molar-refractivity contribution >= 4 is 23.4 Å². The molecule has 0 unspecified atom stereocenters. The van der Waals surface area contributed by atoms with Crippen LogP contribution in [0.1, 0.15) is 5.56 Å². The molecule has 0 saturated heterocycles. The summed E-state index contributed by atoms with van der Waals surface area (Å²) in [4.78, 5) is 11.7. The second kappa shape index (κ2) is 8.29. The van der Waals surface area contributed by atoms with E-state index in [0.29, 0.717) is 16.5 Å². The van der Waals surface area contributed by atoms with Gasteiger partial charge in [-0.3, -0.25) is 5.32 Å². The summed E-state index contributed by atoms with van der Waals surface area (Å²) in [5.41, 5.74) is 1.53. The van der Waals surface area contributed by atoms with E-state index < -0.39 is 6.09 Å². The molecule has 2 aromatic rings. The van der Waals surface area contributed by atoms with Gasteiger partial charge in [-0.15, -0.1) is 0 Å². The maximum atomic E-state index is 11.7. The third kappa shape index (κ3) is 5.38. The second-order valence-electron chi connectivity index (χ2n) is 4.74. The van der Waals surface area contributed by atoms with Crippen LogP contribution in [-0.2, 0) is 4.74 Å². The molecule has 1 amide bonds. The summed E-state index contributed by atoms with van der Waals surface area (Å²) < 4.78 is 15.6. The molecule has 0 radical (unpaired) electrons. The molecule has 2 aromatic carbocycles. The molecule has 0 aromatic heterocycles. The third-order valence-corrected chi connectivity index (χ3v) is 3.30. The van der Waals surface area contributed by atoms with E-state index in [9.17, 15) is 4.79 Å². The van der Waals surface area contributed by atoms with Crippen molar-refractivity contribution in [1.29, 1.82) is 0 Å². The zero-order valence-electron chi connectivity index (χ0n) is 13.0. The summed E-state index contributed by atoms with van der Waals surface area (Å²) in [6.07, 6.45) is -0.534. The molecule has 0 fully saturated rings. The van der Waals surface area contributed by atoms with Crippen molar-refractivity contribution < 1.29 is 19.0 Å². The molecule has 0 aliphatic rings. The SMILES string of the molecule is COc1ccc(OCCOC(=O)Nc2ccc(Cl)cc2C)cc1. The number of aryl methyl sites for hydroxylation is 1. The molecule has 2 rings (SSSR count). The summed E-state index contributed by atoms with van der Waals surface area (Å²) in [6, 6.07) is 12.4. The number of hydrogen-bond acceptors (Lipinski definition) is 4. The molecule has 5 nitrogen and oxygen atoms in total. The van der Waals surface area contributed by atoms with Crippen molar-refractivity contribution in [2.75, 3.05) is 25.6 Å². The molecule has 6 heteroatoms. The Morgan fingerprint density at radius 2 is 1.78 bits per heavy atom. The Morgan fingerprint density at radius 1 is 1.09 bits per heavy atom. The quantitative estimate of drug-likeness (QED) is 0.800.